The van der Waals surface area contributed by atoms with E-state index in [1.165, 1.54) is 19.1 Å². The van der Waals surface area contributed by atoms with E-state index in [2.05, 4.69) is 21.3 Å². The predicted molar refractivity (Wildman–Crippen MR) is 126 cm³/mol. The van der Waals surface area contributed by atoms with Gasteiger partial charge in [-0.15, -0.1) is 0 Å². The van der Waals surface area contributed by atoms with Crippen molar-refractivity contribution in [3.05, 3.63) is 88.6 Å². The molecule has 1 unspecified atom stereocenters. The number of nitrogens with zero attached hydrogens (tertiary/aromatic N) is 4. The van der Waals surface area contributed by atoms with E-state index < -0.39 is 17.9 Å². The first-order valence-electron chi connectivity index (χ1n) is 10.6. The molecule has 0 bridgehead atoms. The summed E-state index contributed by atoms with van der Waals surface area (Å²) in [7, 11) is 2.41. The number of carbonyl (C=O) groups is 2. The largest absolute Gasteiger partial charge is 0.466 e. The third-order valence-corrected chi connectivity index (χ3v) is 5.59. The van der Waals surface area contributed by atoms with Crippen LogP contribution in [0.25, 0.3) is 11.4 Å². The molecule has 0 saturated heterocycles. The highest BCUT2D eigenvalue weighted by Gasteiger charge is 2.42. The number of nitrogens with two attached hydrogens (primary N) is 1. The van der Waals surface area contributed by atoms with Gasteiger partial charge in [0.2, 0.25) is 0 Å². The summed E-state index contributed by atoms with van der Waals surface area (Å²) >= 11 is 0. The smallest absolute Gasteiger partial charge is 0.355 e. The van der Waals surface area contributed by atoms with E-state index in [9.17, 15) is 14.9 Å². The Bertz CT molecular complexity index is 1380. The third-order valence-electron chi connectivity index (χ3n) is 5.59. The second kappa shape index (κ2) is 9.52. The maximum absolute atomic E-state index is 13.1. The van der Waals surface area contributed by atoms with Gasteiger partial charge in [0.15, 0.2) is 5.82 Å². The number of hydrogen-bond donors (Lipinski definition) is 2. The van der Waals surface area contributed by atoms with E-state index in [1.807, 2.05) is 0 Å². The minimum atomic E-state index is -0.922. The molecular formula is C25H22N6O4. The average molecular weight is 470 g/mol. The molecule has 4 rings (SSSR count). The van der Waals surface area contributed by atoms with Gasteiger partial charge in [-0.05, 0) is 36.8 Å². The van der Waals surface area contributed by atoms with Crippen molar-refractivity contribution >= 4 is 17.6 Å². The Balaban J connectivity index is 1.95. The topological polar surface area (TPSA) is 147 Å². The summed E-state index contributed by atoms with van der Waals surface area (Å²) in [5, 5.41) is 17.0. The lowest BCUT2D eigenvalue weighted by Gasteiger charge is -2.35. The van der Waals surface area contributed by atoms with Crippen molar-refractivity contribution in [2.24, 2.45) is 5.73 Å². The maximum atomic E-state index is 13.1. The standard InChI is InChI=1S/C25H22N6O4/c1-14-28-23(30-29-14)16-9-11-17(12-10-16)31-21(25(33)35-3)20(24(32)34-2)19(18(13-26)22(31)27)15-7-5-4-6-8-15/h4-12,19H,27H2,1-3H3,(H,28,29,30). The Morgan fingerprint density at radius 1 is 1.06 bits per heavy atom. The number of anilines is 1. The monoisotopic (exact) mass is 470 g/mol. The molecule has 1 aliphatic heterocycles. The Hall–Kier alpha value is -4.91. The number of methoxy groups -OCH3 is 2. The molecule has 1 aromatic heterocycles. The van der Waals surface area contributed by atoms with Gasteiger partial charge in [0.05, 0.1) is 37.4 Å². The first-order chi connectivity index (χ1) is 16.9. The third kappa shape index (κ3) is 4.11. The number of aryl methyl sites for hydroxylation is 1. The first kappa shape index (κ1) is 23.3. The van der Waals surface area contributed by atoms with Gasteiger partial charge in [-0.25, -0.2) is 14.6 Å². The van der Waals surface area contributed by atoms with Crippen molar-refractivity contribution in [1.82, 2.24) is 15.2 Å². The molecule has 10 nitrogen and oxygen atoms in total. The van der Waals surface area contributed by atoms with Gasteiger partial charge in [0.25, 0.3) is 0 Å². The highest BCUT2D eigenvalue weighted by molar-refractivity contribution is 6.06. The number of rotatable bonds is 5. The van der Waals surface area contributed by atoms with Gasteiger partial charge >= 0.3 is 11.9 Å². The molecule has 0 aliphatic carbocycles. The zero-order valence-corrected chi connectivity index (χ0v) is 19.3. The fourth-order valence-electron chi connectivity index (χ4n) is 4.01. The number of hydrogen-bond acceptors (Lipinski definition) is 9. The summed E-state index contributed by atoms with van der Waals surface area (Å²) < 4.78 is 10.1. The van der Waals surface area contributed by atoms with Crippen LogP contribution in [0.3, 0.4) is 0 Å². The lowest BCUT2D eigenvalue weighted by molar-refractivity contribution is -0.139. The van der Waals surface area contributed by atoms with Crippen LogP contribution >= 0.6 is 0 Å². The van der Waals surface area contributed by atoms with E-state index >= 15 is 0 Å². The Labute approximate surface area is 201 Å². The van der Waals surface area contributed by atoms with Gasteiger partial charge in [0.1, 0.15) is 17.3 Å². The van der Waals surface area contributed by atoms with Gasteiger partial charge in [-0.2, -0.15) is 10.4 Å². The number of esters is 2. The van der Waals surface area contributed by atoms with Crippen molar-refractivity contribution in [2.45, 2.75) is 12.8 Å². The molecule has 176 valence electrons. The van der Waals surface area contributed by atoms with Crippen molar-refractivity contribution in [1.29, 1.82) is 5.26 Å². The molecule has 0 saturated carbocycles. The maximum Gasteiger partial charge on any atom is 0.355 e. The molecular weight excluding hydrogens is 448 g/mol. The van der Waals surface area contributed by atoms with Crippen LogP contribution < -0.4 is 10.6 Å². The number of ether oxygens (including phenoxy) is 2. The molecule has 0 spiro atoms. The summed E-state index contributed by atoms with van der Waals surface area (Å²) in [5.41, 5.74) is 8.15. The number of aromatic amines is 1. The minimum Gasteiger partial charge on any atom is -0.466 e. The number of aromatic nitrogens is 3. The summed E-state index contributed by atoms with van der Waals surface area (Å²) in [6, 6.07) is 17.8. The van der Waals surface area contributed by atoms with Crippen LogP contribution in [0.15, 0.2) is 77.3 Å². The van der Waals surface area contributed by atoms with Crippen LogP contribution in [0.1, 0.15) is 17.3 Å². The van der Waals surface area contributed by atoms with Gasteiger partial charge in [0, 0.05) is 11.3 Å². The van der Waals surface area contributed by atoms with E-state index in [1.54, 1.807) is 61.5 Å². The SMILES string of the molecule is COC(=O)C1=C(C(=O)OC)N(c2ccc(-c3n[nH]c(C)n3)cc2)C(N)=C(C#N)C1c1ccccc1. The van der Waals surface area contributed by atoms with Gasteiger partial charge in [-0.1, -0.05) is 30.3 Å². The van der Waals surface area contributed by atoms with Crippen molar-refractivity contribution < 1.29 is 19.1 Å². The fraction of sp³-hybridized carbons (Fsp3) is 0.160. The number of nitriles is 1. The minimum absolute atomic E-state index is 0.00380. The van der Waals surface area contributed by atoms with Crippen molar-refractivity contribution in [3.8, 4) is 17.5 Å². The number of carbonyl (C=O) groups excluding carboxylic acids is 2. The Kier molecular flexibility index (Phi) is 6.33. The molecule has 10 heteroatoms. The number of H-pyrrole nitrogens is 1. The molecule has 3 N–H and O–H groups in total. The molecule has 0 amide bonds. The van der Waals surface area contributed by atoms with Crippen LogP contribution in [0.4, 0.5) is 5.69 Å². The highest BCUT2D eigenvalue weighted by atomic mass is 16.5. The van der Waals surface area contributed by atoms with Crippen LogP contribution in [-0.2, 0) is 19.1 Å². The average Bonchev–Trinajstić information content (AvgIpc) is 3.33. The van der Waals surface area contributed by atoms with E-state index in [0.29, 0.717) is 22.9 Å². The zero-order chi connectivity index (χ0) is 25.1. The molecule has 0 radical (unpaired) electrons. The van der Waals surface area contributed by atoms with E-state index in [-0.39, 0.29) is 22.7 Å². The summed E-state index contributed by atoms with van der Waals surface area (Å²) in [6.45, 7) is 1.79. The number of nitrogens with one attached hydrogen (secondary N) is 1. The number of benzene rings is 2. The Morgan fingerprint density at radius 2 is 1.71 bits per heavy atom. The molecule has 0 fully saturated rings. The fourth-order valence-corrected chi connectivity index (χ4v) is 4.01. The zero-order valence-electron chi connectivity index (χ0n) is 19.3. The molecule has 35 heavy (non-hydrogen) atoms. The van der Waals surface area contributed by atoms with Crippen molar-refractivity contribution in [2.75, 3.05) is 19.1 Å². The predicted octanol–water partition coefficient (Wildman–Crippen LogP) is 2.68. The molecule has 2 heterocycles. The van der Waals surface area contributed by atoms with E-state index in [4.69, 9.17) is 15.2 Å². The summed E-state index contributed by atoms with van der Waals surface area (Å²) in [6.07, 6.45) is 0. The molecule has 1 aliphatic rings. The Morgan fingerprint density at radius 3 is 2.26 bits per heavy atom. The number of allylic oxidation sites excluding steroid dienone is 1. The normalized spacial score (nSPS) is 15.6. The second-order valence-electron chi connectivity index (χ2n) is 7.63. The van der Waals surface area contributed by atoms with Crippen molar-refractivity contribution in [3.63, 3.8) is 0 Å². The first-order valence-corrected chi connectivity index (χ1v) is 10.6. The molecule has 2 aromatic carbocycles. The van der Waals surface area contributed by atoms with Gasteiger partial charge < -0.3 is 15.2 Å². The molecule has 1 atom stereocenters. The highest BCUT2D eigenvalue weighted by Crippen LogP contribution is 2.43. The second-order valence-corrected chi connectivity index (χ2v) is 7.63. The lowest BCUT2D eigenvalue weighted by Crippen LogP contribution is -2.40. The van der Waals surface area contributed by atoms with Crippen LogP contribution in [0.2, 0.25) is 0 Å². The van der Waals surface area contributed by atoms with Gasteiger partial charge in [-0.3, -0.25) is 10.00 Å². The quantitative estimate of drug-likeness (QED) is 0.537. The van der Waals surface area contributed by atoms with Crippen LogP contribution in [-0.4, -0.2) is 41.3 Å². The molecule has 3 aromatic rings. The van der Waals surface area contributed by atoms with Crippen LogP contribution in [0, 0.1) is 18.3 Å². The lowest BCUT2D eigenvalue weighted by atomic mass is 9.81. The van der Waals surface area contributed by atoms with E-state index in [0.717, 1.165) is 5.56 Å². The van der Waals surface area contributed by atoms with Crippen LogP contribution in [0.5, 0.6) is 0 Å². The summed E-state index contributed by atoms with van der Waals surface area (Å²) in [5.74, 6) is -1.35. The summed E-state index contributed by atoms with van der Waals surface area (Å²) in [4.78, 5) is 31.8.